The molecule has 4 heteroatoms. The first-order valence-corrected chi connectivity index (χ1v) is 6.81. The molecule has 1 amide bonds. The van der Waals surface area contributed by atoms with Gasteiger partial charge in [-0.15, -0.1) is 12.6 Å². The average molecular weight is 265 g/mol. The zero-order valence-electron chi connectivity index (χ0n) is 10.6. The van der Waals surface area contributed by atoms with E-state index in [-0.39, 0.29) is 12.0 Å². The van der Waals surface area contributed by atoms with Crippen LogP contribution in [0.3, 0.4) is 0 Å². The summed E-state index contributed by atoms with van der Waals surface area (Å²) >= 11 is 4.26. The fraction of sp³-hybridized carbons (Fsp3) is 0.500. The third-order valence-corrected chi connectivity index (χ3v) is 3.51. The third kappa shape index (κ3) is 3.50. The molecule has 1 aromatic carbocycles. The van der Waals surface area contributed by atoms with Gasteiger partial charge in [0.1, 0.15) is 0 Å². The van der Waals surface area contributed by atoms with Gasteiger partial charge < -0.3 is 10.1 Å². The SMILES string of the molecule is Cc1ccc(S)cc1C(=O)NCC1CCCCO1. The minimum absolute atomic E-state index is 0.0439. The minimum Gasteiger partial charge on any atom is -0.376 e. The summed E-state index contributed by atoms with van der Waals surface area (Å²) in [4.78, 5) is 12.9. The molecule has 1 atom stereocenters. The van der Waals surface area contributed by atoms with Gasteiger partial charge in [-0.2, -0.15) is 0 Å². The summed E-state index contributed by atoms with van der Waals surface area (Å²) in [6, 6.07) is 5.60. The lowest BCUT2D eigenvalue weighted by Gasteiger charge is -2.22. The highest BCUT2D eigenvalue weighted by atomic mass is 32.1. The van der Waals surface area contributed by atoms with E-state index in [0.717, 1.165) is 29.9 Å². The Hall–Kier alpha value is -1.00. The molecule has 0 saturated carbocycles. The lowest BCUT2D eigenvalue weighted by Crippen LogP contribution is -2.35. The Balaban J connectivity index is 1.92. The van der Waals surface area contributed by atoms with Gasteiger partial charge in [-0.05, 0) is 43.9 Å². The molecule has 98 valence electrons. The number of ether oxygens (including phenoxy) is 1. The first-order valence-electron chi connectivity index (χ1n) is 6.36. The number of hydrogen-bond donors (Lipinski definition) is 2. The summed E-state index contributed by atoms with van der Waals surface area (Å²) in [6.45, 7) is 3.33. The predicted octanol–water partition coefficient (Wildman–Crippen LogP) is 2.58. The van der Waals surface area contributed by atoms with Crippen LogP contribution in [-0.2, 0) is 4.74 Å². The smallest absolute Gasteiger partial charge is 0.251 e. The van der Waals surface area contributed by atoms with Crippen LogP contribution in [0.25, 0.3) is 0 Å². The van der Waals surface area contributed by atoms with Crippen LogP contribution < -0.4 is 5.32 Å². The quantitative estimate of drug-likeness (QED) is 0.824. The normalized spacial score (nSPS) is 19.6. The molecule has 1 heterocycles. The van der Waals surface area contributed by atoms with Gasteiger partial charge in [0.15, 0.2) is 0 Å². The number of carbonyl (C=O) groups excluding carboxylic acids is 1. The Kier molecular flexibility index (Phi) is 4.66. The van der Waals surface area contributed by atoms with Crippen molar-refractivity contribution in [2.24, 2.45) is 0 Å². The maximum absolute atomic E-state index is 12.1. The van der Waals surface area contributed by atoms with Crippen molar-refractivity contribution in [3.05, 3.63) is 29.3 Å². The second-order valence-electron chi connectivity index (χ2n) is 4.70. The molecule has 3 nitrogen and oxygen atoms in total. The highest BCUT2D eigenvalue weighted by Gasteiger charge is 2.16. The Bertz CT molecular complexity index is 428. The molecule has 1 unspecified atom stereocenters. The van der Waals surface area contributed by atoms with Crippen molar-refractivity contribution in [3.63, 3.8) is 0 Å². The van der Waals surface area contributed by atoms with E-state index in [4.69, 9.17) is 4.74 Å². The van der Waals surface area contributed by atoms with E-state index in [2.05, 4.69) is 17.9 Å². The average Bonchev–Trinajstić information content (AvgIpc) is 2.40. The van der Waals surface area contributed by atoms with Crippen molar-refractivity contribution >= 4 is 18.5 Å². The summed E-state index contributed by atoms with van der Waals surface area (Å²) in [6.07, 6.45) is 3.52. The van der Waals surface area contributed by atoms with E-state index in [1.54, 1.807) is 6.07 Å². The second-order valence-corrected chi connectivity index (χ2v) is 5.21. The fourth-order valence-electron chi connectivity index (χ4n) is 2.12. The molecule has 1 aromatic rings. The number of thiol groups is 1. The largest absolute Gasteiger partial charge is 0.376 e. The number of amides is 1. The number of nitrogens with one attached hydrogen (secondary N) is 1. The topological polar surface area (TPSA) is 38.3 Å². The van der Waals surface area contributed by atoms with Crippen LogP contribution in [0.1, 0.15) is 35.2 Å². The molecule has 2 rings (SSSR count). The van der Waals surface area contributed by atoms with Crippen LogP contribution in [0, 0.1) is 6.92 Å². The van der Waals surface area contributed by atoms with Gasteiger partial charge in [0.25, 0.3) is 5.91 Å². The van der Waals surface area contributed by atoms with E-state index in [9.17, 15) is 4.79 Å². The summed E-state index contributed by atoms with van der Waals surface area (Å²) in [5.41, 5.74) is 1.66. The predicted molar refractivity (Wildman–Crippen MR) is 74.4 cm³/mol. The molecular formula is C14H19NO2S. The van der Waals surface area contributed by atoms with E-state index in [1.807, 2.05) is 19.1 Å². The number of aryl methyl sites for hydroxylation is 1. The highest BCUT2D eigenvalue weighted by Crippen LogP contribution is 2.15. The molecule has 1 fully saturated rings. The molecule has 0 spiro atoms. The van der Waals surface area contributed by atoms with E-state index >= 15 is 0 Å². The molecule has 0 aliphatic carbocycles. The standard InChI is InChI=1S/C14H19NO2S/c1-10-5-6-12(18)8-13(10)14(16)15-9-11-4-2-3-7-17-11/h5-6,8,11,18H,2-4,7,9H2,1H3,(H,15,16). The van der Waals surface area contributed by atoms with Gasteiger partial charge in [-0.25, -0.2) is 0 Å². The monoisotopic (exact) mass is 265 g/mol. The third-order valence-electron chi connectivity index (χ3n) is 3.23. The molecule has 18 heavy (non-hydrogen) atoms. The first kappa shape index (κ1) is 13.4. The number of carbonyl (C=O) groups is 1. The summed E-state index contributed by atoms with van der Waals surface area (Å²) in [5.74, 6) is -0.0439. The van der Waals surface area contributed by atoms with Gasteiger partial charge in [0.2, 0.25) is 0 Å². The van der Waals surface area contributed by atoms with Gasteiger partial charge in [-0.1, -0.05) is 6.07 Å². The van der Waals surface area contributed by atoms with E-state index in [1.165, 1.54) is 6.42 Å². The Morgan fingerprint density at radius 1 is 1.50 bits per heavy atom. The maximum Gasteiger partial charge on any atom is 0.251 e. The zero-order valence-corrected chi connectivity index (χ0v) is 11.5. The second kappa shape index (κ2) is 6.25. The van der Waals surface area contributed by atoms with Crippen LogP contribution in [0.2, 0.25) is 0 Å². The molecular weight excluding hydrogens is 246 g/mol. The number of rotatable bonds is 3. The van der Waals surface area contributed by atoms with Crippen LogP contribution >= 0.6 is 12.6 Å². The lowest BCUT2D eigenvalue weighted by molar-refractivity contribution is 0.0169. The Labute approximate surface area is 113 Å². The van der Waals surface area contributed by atoms with Crippen LogP contribution in [0.5, 0.6) is 0 Å². The summed E-state index contributed by atoms with van der Waals surface area (Å²) in [5, 5.41) is 2.94. The molecule has 1 aliphatic heterocycles. The molecule has 1 aliphatic rings. The Morgan fingerprint density at radius 2 is 2.33 bits per heavy atom. The number of benzene rings is 1. The maximum atomic E-state index is 12.1. The van der Waals surface area contributed by atoms with Gasteiger partial charge in [0.05, 0.1) is 6.10 Å². The lowest BCUT2D eigenvalue weighted by atomic mass is 10.1. The van der Waals surface area contributed by atoms with Crippen molar-refractivity contribution in [1.82, 2.24) is 5.32 Å². The summed E-state index contributed by atoms with van der Waals surface area (Å²) < 4.78 is 5.59. The van der Waals surface area contributed by atoms with Gasteiger partial charge in [0, 0.05) is 23.6 Å². The Morgan fingerprint density at radius 3 is 3.06 bits per heavy atom. The van der Waals surface area contributed by atoms with Crippen molar-refractivity contribution in [2.45, 2.75) is 37.2 Å². The van der Waals surface area contributed by atoms with Gasteiger partial charge >= 0.3 is 0 Å². The molecule has 0 radical (unpaired) electrons. The number of hydrogen-bond acceptors (Lipinski definition) is 3. The molecule has 1 saturated heterocycles. The summed E-state index contributed by atoms with van der Waals surface area (Å²) in [7, 11) is 0. The van der Waals surface area contributed by atoms with Crippen molar-refractivity contribution < 1.29 is 9.53 Å². The molecule has 0 aromatic heterocycles. The van der Waals surface area contributed by atoms with Crippen LogP contribution in [0.4, 0.5) is 0 Å². The zero-order chi connectivity index (χ0) is 13.0. The minimum atomic E-state index is -0.0439. The van der Waals surface area contributed by atoms with Crippen molar-refractivity contribution in [1.29, 1.82) is 0 Å². The van der Waals surface area contributed by atoms with Gasteiger partial charge in [-0.3, -0.25) is 4.79 Å². The van der Waals surface area contributed by atoms with E-state index in [0.29, 0.717) is 12.1 Å². The van der Waals surface area contributed by atoms with Crippen LogP contribution in [-0.4, -0.2) is 25.2 Å². The molecule has 1 N–H and O–H groups in total. The van der Waals surface area contributed by atoms with E-state index < -0.39 is 0 Å². The van der Waals surface area contributed by atoms with Crippen molar-refractivity contribution in [2.75, 3.05) is 13.2 Å². The fourth-order valence-corrected chi connectivity index (χ4v) is 2.33. The first-order chi connectivity index (χ1) is 8.66. The highest BCUT2D eigenvalue weighted by molar-refractivity contribution is 7.80. The van der Waals surface area contributed by atoms with Crippen molar-refractivity contribution in [3.8, 4) is 0 Å². The molecule has 0 bridgehead atoms. The van der Waals surface area contributed by atoms with Crippen LogP contribution in [0.15, 0.2) is 23.1 Å².